The summed E-state index contributed by atoms with van der Waals surface area (Å²) in [6.07, 6.45) is 2.08. The van der Waals surface area contributed by atoms with Crippen LogP contribution in [0.1, 0.15) is 23.4 Å². The van der Waals surface area contributed by atoms with Crippen molar-refractivity contribution < 1.29 is 18.8 Å². The maximum absolute atomic E-state index is 12.8. The van der Waals surface area contributed by atoms with Crippen LogP contribution in [0.25, 0.3) is 11.4 Å². The second-order valence-electron chi connectivity index (χ2n) is 8.86. The van der Waals surface area contributed by atoms with Crippen LogP contribution in [0.5, 0.6) is 11.5 Å². The van der Waals surface area contributed by atoms with Gasteiger partial charge < -0.3 is 18.9 Å². The third-order valence-electron chi connectivity index (χ3n) is 6.33. The molecule has 8 heteroatoms. The summed E-state index contributed by atoms with van der Waals surface area (Å²) in [6.45, 7) is 7.39. The SMILES string of the molecule is Cc1ccc(-c2noc(CCCN3CCN(C(=O)Cc4ccc5c(c4)OCCO5)CC3)n2)cc1. The van der Waals surface area contributed by atoms with Crippen LogP contribution in [0.4, 0.5) is 0 Å². The number of hydrogen-bond donors (Lipinski definition) is 0. The largest absolute Gasteiger partial charge is 0.486 e. The van der Waals surface area contributed by atoms with Crippen molar-refractivity contribution in [1.82, 2.24) is 19.9 Å². The van der Waals surface area contributed by atoms with Gasteiger partial charge in [-0.2, -0.15) is 4.98 Å². The molecule has 0 saturated carbocycles. The van der Waals surface area contributed by atoms with Crippen molar-refractivity contribution in [2.24, 2.45) is 0 Å². The molecule has 1 fully saturated rings. The first-order chi connectivity index (χ1) is 16.6. The molecule has 0 atom stereocenters. The van der Waals surface area contributed by atoms with Gasteiger partial charge in [-0.1, -0.05) is 41.1 Å². The number of piperazine rings is 1. The van der Waals surface area contributed by atoms with Gasteiger partial charge in [0.15, 0.2) is 11.5 Å². The number of aromatic nitrogens is 2. The Hall–Kier alpha value is -3.39. The number of hydrogen-bond acceptors (Lipinski definition) is 7. The second kappa shape index (κ2) is 10.3. The summed E-state index contributed by atoms with van der Waals surface area (Å²) in [6, 6.07) is 13.9. The average Bonchev–Trinajstić information content (AvgIpc) is 3.34. The Kier molecular flexibility index (Phi) is 6.76. The predicted octanol–water partition coefficient (Wildman–Crippen LogP) is 3.14. The Balaban J connectivity index is 1.04. The highest BCUT2D eigenvalue weighted by atomic mass is 16.6. The maximum atomic E-state index is 12.8. The van der Waals surface area contributed by atoms with E-state index >= 15 is 0 Å². The Bertz CT molecular complexity index is 1120. The Morgan fingerprint density at radius 2 is 1.74 bits per heavy atom. The number of fused-ring (bicyclic) bond motifs is 1. The maximum Gasteiger partial charge on any atom is 0.227 e. The summed E-state index contributed by atoms with van der Waals surface area (Å²) in [4.78, 5) is 21.7. The fourth-order valence-electron chi connectivity index (χ4n) is 4.34. The average molecular weight is 463 g/mol. The number of benzene rings is 2. The molecule has 0 spiro atoms. The van der Waals surface area contributed by atoms with Gasteiger partial charge in [0.25, 0.3) is 0 Å². The van der Waals surface area contributed by atoms with Gasteiger partial charge in [0.05, 0.1) is 6.42 Å². The summed E-state index contributed by atoms with van der Waals surface area (Å²) in [5, 5.41) is 4.11. The van der Waals surface area contributed by atoms with Gasteiger partial charge in [0, 0.05) is 38.2 Å². The molecule has 2 aliphatic heterocycles. The fraction of sp³-hybridized carbons (Fsp3) is 0.423. The van der Waals surface area contributed by atoms with Gasteiger partial charge in [-0.05, 0) is 37.6 Å². The van der Waals surface area contributed by atoms with Crippen LogP contribution in [-0.4, -0.2) is 71.8 Å². The van der Waals surface area contributed by atoms with Crippen molar-refractivity contribution in [3.05, 3.63) is 59.5 Å². The number of rotatable bonds is 7. The summed E-state index contributed by atoms with van der Waals surface area (Å²) in [7, 11) is 0. The molecule has 1 aromatic heterocycles. The minimum absolute atomic E-state index is 0.158. The zero-order valence-electron chi connectivity index (χ0n) is 19.5. The highest BCUT2D eigenvalue weighted by molar-refractivity contribution is 5.79. The zero-order chi connectivity index (χ0) is 23.3. The van der Waals surface area contributed by atoms with Crippen LogP contribution >= 0.6 is 0 Å². The lowest BCUT2D eigenvalue weighted by molar-refractivity contribution is -0.132. The van der Waals surface area contributed by atoms with E-state index in [1.54, 1.807) is 0 Å². The summed E-state index contributed by atoms with van der Waals surface area (Å²) >= 11 is 0. The summed E-state index contributed by atoms with van der Waals surface area (Å²) < 4.78 is 16.6. The van der Waals surface area contributed by atoms with Crippen molar-refractivity contribution in [2.75, 3.05) is 45.9 Å². The van der Waals surface area contributed by atoms with Crippen molar-refractivity contribution in [1.29, 1.82) is 0 Å². The molecule has 0 N–H and O–H groups in total. The van der Waals surface area contributed by atoms with Crippen LogP contribution < -0.4 is 9.47 Å². The van der Waals surface area contributed by atoms with Crippen LogP contribution in [-0.2, 0) is 17.6 Å². The van der Waals surface area contributed by atoms with Crippen molar-refractivity contribution in [2.45, 2.75) is 26.2 Å². The molecular formula is C26H30N4O4. The van der Waals surface area contributed by atoms with Crippen molar-refractivity contribution in [3.8, 4) is 22.9 Å². The third-order valence-corrected chi connectivity index (χ3v) is 6.33. The molecule has 3 heterocycles. The molecular weight excluding hydrogens is 432 g/mol. The Morgan fingerprint density at radius 3 is 2.53 bits per heavy atom. The van der Waals surface area contributed by atoms with Gasteiger partial charge in [-0.25, -0.2) is 0 Å². The standard InChI is InChI=1S/C26H30N4O4/c1-19-4-7-21(8-5-19)26-27-24(34-28-26)3-2-10-29-11-13-30(14-12-29)25(31)18-20-6-9-22-23(17-20)33-16-15-32-22/h4-9,17H,2-3,10-16,18H2,1H3. The van der Waals surface area contributed by atoms with E-state index in [0.717, 1.165) is 68.2 Å². The van der Waals surface area contributed by atoms with Gasteiger partial charge in [0.2, 0.25) is 17.6 Å². The second-order valence-corrected chi connectivity index (χ2v) is 8.86. The number of ether oxygens (including phenoxy) is 2. The quantitative estimate of drug-likeness (QED) is 0.534. The number of amides is 1. The number of carbonyl (C=O) groups is 1. The van der Waals surface area contributed by atoms with Gasteiger partial charge in [0.1, 0.15) is 13.2 Å². The number of aryl methyl sites for hydroxylation is 2. The van der Waals surface area contributed by atoms with Crippen molar-refractivity contribution in [3.63, 3.8) is 0 Å². The van der Waals surface area contributed by atoms with Crippen molar-refractivity contribution >= 4 is 5.91 Å². The molecule has 5 rings (SSSR count). The van der Waals surface area contributed by atoms with E-state index in [0.29, 0.717) is 31.3 Å². The monoisotopic (exact) mass is 462 g/mol. The summed E-state index contributed by atoms with van der Waals surface area (Å²) in [5.41, 5.74) is 3.14. The van der Waals surface area contributed by atoms with Gasteiger partial charge in [-0.3, -0.25) is 9.69 Å². The minimum atomic E-state index is 0.158. The lowest BCUT2D eigenvalue weighted by Gasteiger charge is -2.34. The first kappa shape index (κ1) is 22.4. The molecule has 2 aliphatic rings. The lowest BCUT2D eigenvalue weighted by atomic mass is 10.1. The fourth-order valence-corrected chi connectivity index (χ4v) is 4.34. The number of nitrogens with zero attached hydrogens (tertiary/aromatic N) is 4. The van der Waals surface area contributed by atoms with E-state index < -0.39 is 0 Å². The normalized spacial score (nSPS) is 16.0. The molecule has 0 aliphatic carbocycles. The zero-order valence-corrected chi connectivity index (χ0v) is 19.5. The van der Waals surface area contributed by atoms with E-state index in [4.69, 9.17) is 14.0 Å². The molecule has 178 valence electrons. The van der Waals surface area contributed by atoms with Crippen LogP contribution in [0.3, 0.4) is 0 Å². The first-order valence-electron chi connectivity index (χ1n) is 11.9. The van der Waals surface area contributed by atoms with E-state index in [2.05, 4.69) is 22.0 Å². The molecule has 0 radical (unpaired) electrons. The molecule has 8 nitrogen and oxygen atoms in total. The Morgan fingerprint density at radius 1 is 0.971 bits per heavy atom. The third kappa shape index (κ3) is 5.39. The smallest absolute Gasteiger partial charge is 0.227 e. The molecule has 2 aromatic carbocycles. The highest BCUT2D eigenvalue weighted by Gasteiger charge is 2.22. The first-order valence-corrected chi connectivity index (χ1v) is 11.9. The van der Waals surface area contributed by atoms with Gasteiger partial charge >= 0.3 is 0 Å². The summed E-state index contributed by atoms with van der Waals surface area (Å²) in [5.74, 6) is 2.95. The van der Waals surface area contributed by atoms with E-state index in [-0.39, 0.29) is 5.91 Å². The topological polar surface area (TPSA) is 80.9 Å². The van der Waals surface area contributed by atoms with Crippen LogP contribution in [0, 0.1) is 6.92 Å². The van der Waals surface area contributed by atoms with Crippen LogP contribution in [0.2, 0.25) is 0 Å². The molecule has 3 aromatic rings. The van der Waals surface area contributed by atoms with E-state index in [1.807, 2.05) is 47.4 Å². The van der Waals surface area contributed by atoms with E-state index in [1.165, 1.54) is 5.56 Å². The molecule has 34 heavy (non-hydrogen) atoms. The van der Waals surface area contributed by atoms with Crippen LogP contribution in [0.15, 0.2) is 47.0 Å². The van der Waals surface area contributed by atoms with E-state index in [9.17, 15) is 4.79 Å². The molecule has 0 unspecified atom stereocenters. The number of carbonyl (C=O) groups excluding carboxylic acids is 1. The predicted molar refractivity (Wildman–Crippen MR) is 127 cm³/mol. The molecule has 0 bridgehead atoms. The highest BCUT2D eigenvalue weighted by Crippen LogP contribution is 2.31. The minimum Gasteiger partial charge on any atom is -0.486 e. The lowest BCUT2D eigenvalue weighted by Crippen LogP contribution is -2.49. The Labute approximate surface area is 199 Å². The molecule has 1 saturated heterocycles. The molecule has 1 amide bonds. The van der Waals surface area contributed by atoms with Gasteiger partial charge in [-0.15, -0.1) is 0 Å².